The van der Waals surface area contributed by atoms with E-state index in [0.717, 1.165) is 18.7 Å². The van der Waals surface area contributed by atoms with Crippen molar-refractivity contribution < 1.29 is 9.59 Å². The minimum Gasteiger partial charge on any atom is -0.338 e. The van der Waals surface area contributed by atoms with Gasteiger partial charge < -0.3 is 9.80 Å². The third kappa shape index (κ3) is 4.26. The molecule has 1 aliphatic heterocycles. The van der Waals surface area contributed by atoms with Crippen molar-refractivity contribution in [3.63, 3.8) is 0 Å². The topological polar surface area (TPSA) is 66.4 Å². The first-order valence-electron chi connectivity index (χ1n) is 9.08. The summed E-state index contributed by atoms with van der Waals surface area (Å²) in [6.07, 6.45) is 11.5. The number of likely N-dealkylation sites (tertiary alicyclic amines) is 1. The summed E-state index contributed by atoms with van der Waals surface area (Å²) in [6.45, 7) is 4.87. The second kappa shape index (κ2) is 8.49. The zero-order valence-electron chi connectivity index (χ0n) is 15.8. The zero-order valence-corrected chi connectivity index (χ0v) is 15.8. The minimum absolute atomic E-state index is 0.00431. The normalized spacial score (nSPS) is 15.7. The molecule has 0 saturated carbocycles. The van der Waals surface area contributed by atoms with Crippen molar-refractivity contribution in [3.8, 4) is 12.3 Å². The lowest BCUT2D eigenvalue weighted by Gasteiger charge is -2.18. The van der Waals surface area contributed by atoms with E-state index < -0.39 is 0 Å². The zero-order chi connectivity index (χ0) is 20.1. The van der Waals surface area contributed by atoms with Gasteiger partial charge in [0.1, 0.15) is 5.82 Å². The number of hydrogen-bond donors (Lipinski definition) is 0. The molecule has 0 aliphatic carbocycles. The van der Waals surface area contributed by atoms with Crippen LogP contribution < -0.4 is 4.90 Å². The van der Waals surface area contributed by atoms with Gasteiger partial charge in [0.25, 0.3) is 5.91 Å². The van der Waals surface area contributed by atoms with Crippen molar-refractivity contribution in [1.29, 1.82) is 0 Å². The van der Waals surface area contributed by atoms with Crippen molar-refractivity contribution >= 4 is 17.5 Å². The second-order valence-electron chi connectivity index (χ2n) is 6.79. The van der Waals surface area contributed by atoms with Crippen molar-refractivity contribution in [2.24, 2.45) is 5.92 Å². The first kappa shape index (κ1) is 19.3. The molecule has 2 amide bonds. The van der Waals surface area contributed by atoms with Gasteiger partial charge in [-0.3, -0.25) is 9.59 Å². The van der Waals surface area contributed by atoms with Crippen LogP contribution in [0.1, 0.15) is 28.2 Å². The van der Waals surface area contributed by atoms with E-state index >= 15 is 0 Å². The van der Waals surface area contributed by atoms with Crippen LogP contribution in [-0.2, 0) is 11.2 Å². The number of anilines is 1. The Bertz CT molecular complexity index is 913. The van der Waals surface area contributed by atoms with Gasteiger partial charge in [-0.1, -0.05) is 12.5 Å². The lowest BCUT2D eigenvalue weighted by molar-refractivity contribution is -0.113. The Hall–Kier alpha value is -3.46. The fraction of sp³-hybridized carbons (Fsp3) is 0.273. The average Bonchev–Trinajstić information content (AvgIpc) is 3.21. The smallest absolute Gasteiger partial charge is 0.253 e. The predicted octanol–water partition coefficient (Wildman–Crippen LogP) is 2.31. The Morgan fingerprint density at radius 3 is 2.61 bits per heavy atom. The summed E-state index contributed by atoms with van der Waals surface area (Å²) in [5, 5.41) is 0. The standard InChI is InChI=1S/C22H22N4O2/c1-4-16-13-23-20(24-14-16)12-17-10-11-26(15-17)22(28)18-6-8-19(9-7-18)25(3)21(27)5-2/h1,5-9,13-14,17H,2,10-12,15H2,3H3/t17-/m0/s1. The van der Waals surface area contributed by atoms with Crippen molar-refractivity contribution in [1.82, 2.24) is 14.9 Å². The molecule has 1 fully saturated rings. The number of carbonyl (C=O) groups is 2. The molecule has 1 saturated heterocycles. The third-order valence-electron chi connectivity index (χ3n) is 4.92. The molecule has 0 unspecified atom stereocenters. The maximum atomic E-state index is 12.8. The monoisotopic (exact) mass is 374 g/mol. The number of aromatic nitrogens is 2. The molecule has 1 aromatic heterocycles. The van der Waals surface area contributed by atoms with Crippen LogP contribution in [0.5, 0.6) is 0 Å². The highest BCUT2D eigenvalue weighted by molar-refractivity contribution is 6.01. The number of rotatable bonds is 5. The molecule has 0 bridgehead atoms. The highest BCUT2D eigenvalue weighted by Gasteiger charge is 2.27. The summed E-state index contributed by atoms with van der Waals surface area (Å²) in [6, 6.07) is 7.03. The number of benzene rings is 1. The van der Waals surface area contributed by atoms with Crippen LogP contribution in [0.2, 0.25) is 0 Å². The Kier molecular flexibility index (Phi) is 5.85. The molecule has 2 heterocycles. The number of terminal acetylenes is 1. The number of nitrogens with zero attached hydrogens (tertiary/aromatic N) is 4. The van der Waals surface area contributed by atoms with E-state index in [9.17, 15) is 9.59 Å². The minimum atomic E-state index is -0.195. The van der Waals surface area contributed by atoms with Gasteiger partial charge in [0.15, 0.2) is 0 Å². The SMILES string of the molecule is C#Cc1cnc(C[C@@H]2CCN(C(=O)c3ccc(N(C)C(=O)C=C)cc3)C2)nc1. The van der Waals surface area contributed by atoms with E-state index in [4.69, 9.17) is 6.42 Å². The van der Waals surface area contributed by atoms with E-state index in [-0.39, 0.29) is 11.8 Å². The van der Waals surface area contributed by atoms with Crippen LogP contribution in [-0.4, -0.2) is 46.8 Å². The van der Waals surface area contributed by atoms with E-state index in [1.54, 1.807) is 43.7 Å². The van der Waals surface area contributed by atoms with Gasteiger partial charge in [0, 0.05) is 50.2 Å². The summed E-state index contributed by atoms with van der Waals surface area (Å²) < 4.78 is 0. The molecule has 0 spiro atoms. The van der Waals surface area contributed by atoms with Crippen LogP contribution >= 0.6 is 0 Å². The average molecular weight is 374 g/mol. The largest absolute Gasteiger partial charge is 0.338 e. The highest BCUT2D eigenvalue weighted by atomic mass is 16.2. The molecular weight excluding hydrogens is 352 g/mol. The van der Waals surface area contributed by atoms with Gasteiger partial charge in [0.2, 0.25) is 5.91 Å². The van der Waals surface area contributed by atoms with Crippen LogP contribution in [0.3, 0.4) is 0 Å². The van der Waals surface area contributed by atoms with Gasteiger partial charge >= 0.3 is 0 Å². The molecule has 2 aromatic rings. The van der Waals surface area contributed by atoms with Crippen LogP contribution in [0.15, 0.2) is 49.3 Å². The lowest BCUT2D eigenvalue weighted by atomic mass is 10.0. The Morgan fingerprint density at radius 1 is 1.32 bits per heavy atom. The van der Waals surface area contributed by atoms with Crippen LogP contribution in [0, 0.1) is 18.3 Å². The molecule has 6 nitrogen and oxygen atoms in total. The fourth-order valence-corrected chi connectivity index (χ4v) is 3.25. The van der Waals surface area contributed by atoms with E-state index in [1.165, 1.54) is 11.0 Å². The second-order valence-corrected chi connectivity index (χ2v) is 6.79. The molecule has 6 heteroatoms. The third-order valence-corrected chi connectivity index (χ3v) is 4.92. The van der Waals surface area contributed by atoms with Gasteiger partial charge in [-0.15, -0.1) is 6.42 Å². The highest BCUT2D eigenvalue weighted by Crippen LogP contribution is 2.22. The van der Waals surface area contributed by atoms with Gasteiger partial charge in [-0.05, 0) is 42.7 Å². The molecule has 0 radical (unpaired) electrons. The first-order valence-corrected chi connectivity index (χ1v) is 9.08. The van der Waals surface area contributed by atoms with Crippen molar-refractivity contribution in [2.75, 3.05) is 25.0 Å². The molecule has 3 rings (SSSR count). The molecule has 142 valence electrons. The predicted molar refractivity (Wildman–Crippen MR) is 108 cm³/mol. The van der Waals surface area contributed by atoms with Crippen molar-refractivity contribution in [2.45, 2.75) is 12.8 Å². The number of carbonyl (C=O) groups excluding carboxylic acids is 2. The van der Waals surface area contributed by atoms with Crippen LogP contribution in [0.4, 0.5) is 5.69 Å². The first-order chi connectivity index (χ1) is 13.5. The van der Waals surface area contributed by atoms with Crippen LogP contribution in [0.25, 0.3) is 0 Å². The lowest BCUT2D eigenvalue weighted by Crippen LogP contribution is -2.29. The number of amides is 2. The Morgan fingerprint density at radius 2 is 2.00 bits per heavy atom. The molecular formula is C22H22N4O2. The Labute approximate surface area is 164 Å². The summed E-state index contributed by atoms with van der Waals surface area (Å²) in [7, 11) is 1.67. The molecule has 28 heavy (non-hydrogen) atoms. The molecule has 1 aromatic carbocycles. The summed E-state index contributed by atoms with van der Waals surface area (Å²) in [5.41, 5.74) is 1.99. The van der Waals surface area contributed by atoms with Gasteiger partial charge in [-0.25, -0.2) is 9.97 Å². The van der Waals surface area contributed by atoms with Crippen molar-refractivity contribution in [3.05, 3.63) is 66.3 Å². The maximum absolute atomic E-state index is 12.8. The quantitative estimate of drug-likeness (QED) is 0.595. The maximum Gasteiger partial charge on any atom is 0.253 e. The van der Waals surface area contributed by atoms with E-state index in [1.807, 2.05) is 4.90 Å². The van der Waals surface area contributed by atoms with Gasteiger partial charge in [0.05, 0.1) is 5.56 Å². The summed E-state index contributed by atoms with van der Waals surface area (Å²) in [5.74, 6) is 3.38. The molecule has 1 aliphatic rings. The Balaban J connectivity index is 1.60. The van der Waals surface area contributed by atoms with E-state index in [2.05, 4.69) is 22.5 Å². The van der Waals surface area contributed by atoms with E-state index in [0.29, 0.717) is 35.8 Å². The fourth-order valence-electron chi connectivity index (χ4n) is 3.25. The summed E-state index contributed by atoms with van der Waals surface area (Å²) >= 11 is 0. The molecule has 0 N–H and O–H groups in total. The van der Waals surface area contributed by atoms with Gasteiger partial charge in [-0.2, -0.15) is 0 Å². The summed E-state index contributed by atoms with van der Waals surface area (Å²) in [4.78, 5) is 36.4. The molecule has 1 atom stereocenters. The number of hydrogen-bond acceptors (Lipinski definition) is 4. The number of likely N-dealkylation sites (N-methyl/N-ethyl adjacent to an activating group) is 1.